The Kier molecular flexibility index (Phi) is 4.92. The van der Waals surface area contributed by atoms with Crippen LogP contribution in [0.1, 0.15) is 23.6 Å². The van der Waals surface area contributed by atoms with Gasteiger partial charge >= 0.3 is 6.18 Å². The molecule has 5 nitrogen and oxygen atoms in total. The number of nitrogens with one attached hydrogen (secondary N) is 1. The zero-order valence-electron chi connectivity index (χ0n) is 14.6. The average Bonchev–Trinajstić information content (AvgIpc) is 2.68. The van der Waals surface area contributed by atoms with Crippen molar-refractivity contribution >= 4 is 0 Å². The van der Waals surface area contributed by atoms with E-state index in [9.17, 15) is 13.2 Å². The van der Waals surface area contributed by atoms with Crippen molar-refractivity contribution in [2.45, 2.75) is 18.6 Å². The van der Waals surface area contributed by atoms with Crippen LogP contribution in [0.25, 0.3) is 0 Å². The number of alkyl halides is 3. The van der Waals surface area contributed by atoms with E-state index in [-0.39, 0.29) is 5.88 Å². The highest BCUT2D eigenvalue weighted by Crippen LogP contribution is 2.39. The van der Waals surface area contributed by atoms with Crippen LogP contribution in [0.5, 0.6) is 17.4 Å². The van der Waals surface area contributed by atoms with Crippen LogP contribution in [0.4, 0.5) is 13.2 Å². The van der Waals surface area contributed by atoms with Crippen LogP contribution in [-0.4, -0.2) is 42.7 Å². The van der Waals surface area contributed by atoms with Gasteiger partial charge in [-0.3, -0.25) is 4.90 Å². The first-order chi connectivity index (χ1) is 13.0. The highest BCUT2D eigenvalue weighted by Gasteiger charge is 2.31. The molecule has 2 aliphatic rings. The minimum atomic E-state index is -4.41. The molecule has 1 saturated heterocycles. The monoisotopic (exact) mass is 379 g/mol. The first-order valence-electron chi connectivity index (χ1n) is 8.93. The first-order valence-corrected chi connectivity index (χ1v) is 8.93. The normalized spacial score (nSPS) is 20.6. The summed E-state index contributed by atoms with van der Waals surface area (Å²) in [6, 6.07) is 8.05. The molecule has 1 atom stereocenters. The summed E-state index contributed by atoms with van der Waals surface area (Å²) in [5, 5.41) is 3.36. The Bertz CT molecular complexity index is 790. The Hall–Kier alpha value is -2.32. The summed E-state index contributed by atoms with van der Waals surface area (Å²) in [5.74, 6) is 1.36. The molecular weight excluding hydrogens is 359 g/mol. The van der Waals surface area contributed by atoms with Crippen molar-refractivity contribution in [2.24, 2.45) is 0 Å². The van der Waals surface area contributed by atoms with Crippen LogP contribution in [0.15, 0.2) is 36.5 Å². The van der Waals surface area contributed by atoms with Gasteiger partial charge in [0.2, 0.25) is 5.88 Å². The number of halogens is 3. The topological polar surface area (TPSA) is 46.6 Å². The van der Waals surface area contributed by atoms with Gasteiger partial charge in [-0.1, -0.05) is 6.07 Å². The lowest BCUT2D eigenvalue weighted by Crippen LogP contribution is -2.46. The third-order valence-corrected chi connectivity index (χ3v) is 4.87. The number of hydrogen-bond acceptors (Lipinski definition) is 5. The molecule has 0 aliphatic carbocycles. The molecule has 1 N–H and O–H groups in total. The lowest BCUT2D eigenvalue weighted by molar-refractivity contribution is -0.137. The molecule has 0 saturated carbocycles. The second-order valence-electron chi connectivity index (χ2n) is 6.62. The predicted octanol–water partition coefficient (Wildman–Crippen LogP) is 3.62. The van der Waals surface area contributed by atoms with Crippen LogP contribution in [0.2, 0.25) is 0 Å². The van der Waals surface area contributed by atoms with Crippen LogP contribution in [-0.2, 0) is 6.18 Å². The Balaban J connectivity index is 1.51. The fourth-order valence-corrected chi connectivity index (χ4v) is 3.52. The number of rotatable bonds is 3. The van der Waals surface area contributed by atoms with Crippen LogP contribution < -0.4 is 14.8 Å². The number of piperazine rings is 1. The van der Waals surface area contributed by atoms with E-state index >= 15 is 0 Å². The maximum atomic E-state index is 12.6. The molecule has 2 aliphatic heterocycles. The predicted molar refractivity (Wildman–Crippen MR) is 93.1 cm³/mol. The van der Waals surface area contributed by atoms with E-state index in [2.05, 4.69) is 15.2 Å². The molecule has 27 heavy (non-hydrogen) atoms. The first kappa shape index (κ1) is 18.1. The van der Waals surface area contributed by atoms with E-state index in [1.165, 1.54) is 6.07 Å². The molecule has 0 amide bonds. The maximum Gasteiger partial charge on any atom is 0.417 e. The maximum absolute atomic E-state index is 12.6. The van der Waals surface area contributed by atoms with Crippen LogP contribution in [0.3, 0.4) is 0 Å². The number of fused-ring (bicyclic) bond motifs is 1. The highest BCUT2D eigenvalue weighted by molar-refractivity contribution is 5.44. The summed E-state index contributed by atoms with van der Waals surface area (Å²) >= 11 is 0. The largest absolute Gasteiger partial charge is 0.493 e. The molecule has 3 heterocycles. The van der Waals surface area contributed by atoms with E-state index in [4.69, 9.17) is 9.47 Å². The van der Waals surface area contributed by atoms with Crippen molar-refractivity contribution in [2.75, 3.05) is 32.8 Å². The standard InChI is InChI=1S/C19H20F3N3O2/c20-19(21,22)13-1-4-18(24-12-13)27-14-2-3-15-16(5-10-26-17(15)11-14)25-8-6-23-7-9-25/h1-4,11-12,16,23H,5-10H2. The van der Waals surface area contributed by atoms with Gasteiger partial charge in [0, 0.05) is 62.5 Å². The zero-order chi connectivity index (χ0) is 18.9. The number of benzene rings is 1. The zero-order valence-corrected chi connectivity index (χ0v) is 14.6. The van der Waals surface area contributed by atoms with Crippen LogP contribution in [0, 0.1) is 0 Å². The average molecular weight is 379 g/mol. The third kappa shape index (κ3) is 4.01. The van der Waals surface area contributed by atoms with E-state index in [1.807, 2.05) is 12.1 Å². The molecule has 0 spiro atoms. The van der Waals surface area contributed by atoms with Crippen molar-refractivity contribution in [3.63, 3.8) is 0 Å². The number of ether oxygens (including phenoxy) is 2. The Labute approximate surface area is 155 Å². The van der Waals surface area contributed by atoms with Crippen LogP contribution >= 0.6 is 0 Å². The molecule has 0 bridgehead atoms. The van der Waals surface area contributed by atoms with Crippen molar-refractivity contribution in [1.29, 1.82) is 0 Å². The highest BCUT2D eigenvalue weighted by atomic mass is 19.4. The minimum absolute atomic E-state index is 0.109. The quantitative estimate of drug-likeness (QED) is 0.883. The second-order valence-corrected chi connectivity index (χ2v) is 6.62. The van der Waals surface area contributed by atoms with Gasteiger partial charge in [-0.15, -0.1) is 0 Å². The third-order valence-electron chi connectivity index (χ3n) is 4.87. The van der Waals surface area contributed by atoms with Gasteiger partial charge < -0.3 is 14.8 Å². The molecule has 1 fully saturated rings. The number of hydrogen-bond donors (Lipinski definition) is 1. The van der Waals surface area contributed by atoms with Gasteiger partial charge in [-0.2, -0.15) is 13.2 Å². The van der Waals surface area contributed by atoms with Gasteiger partial charge in [0.15, 0.2) is 0 Å². The van der Waals surface area contributed by atoms with Crippen molar-refractivity contribution in [3.05, 3.63) is 47.7 Å². The van der Waals surface area contributed by atoms with E-state index in [0.717, 1.165) is 56.2 Å². The second kappa shape index (κ2) is 7.36. The smallest absolute Gasteiger partial charge is 0.417 e. The lowest BCUT2D eigenvalue weighted by atomic mass is 9.98. The van der Waals surface area contributed by atoms with Crippen molar-refractivity contribution < 1.29 is 22.6 Å². The minimum Gasteiger partial charge on any atom is -0.493 e. The fraction of sp³-hybridized carbons (Fsp3) is 0.421. The molecule has 0 radical (unpaired) electrons. The Morgan fingerprint density at radius 2 is 1.96 bits per heavy atom. The van der Waals surface area contributed by atoms with Gasteiger partial charge in [0.1, 0.15) is 11.5 Å². The molecule has 8 heteroatoms. The van der Waals surface area contributed by atoms with E-state index < -0.39 is 11.7 Å². The summed E-state index contributed by atoms with van der Waals surface area (Å²) in [6.07, 6.45) is -2.71. The summed E-state index contributed by atoms with van der Waals surface area (Å²) in [7, 11) is 0. The van der Waals surface area contributed by atoms with E-state index in [0.29, 0.717) is 18.4 Å². The Morgan fingerprint density at radius 1 is 1.15 bits per heavy atom. The van der Waals surface area contributed by atoms with Gasteiger partial charge in [0.05, 0.1) is 12.2 Å². The number of aromatic nitrogens is 1. The molecule has 2 aromatic rings. The number of nitrogens with zero attached hydrogens (tertiary/aromatic N) is 2. The fourth-order valence-electron chi connectivity index (χ4n) is 3.52. The molecule has 1 aromatic heterocycles. The summed E-state index contributed by atoms with van der Waals surface area (Å²) in [4.78, 5) is 6.20. The summed E-state index contributed by atoms with van der Waals surface area (Å²) in [6.45, 7) is 4.58. The molecule has 1 unspecified atom stereocenters. The van der Waals surface area contributed by atoms with Crippen molar-refractivity contribution in [3.8, 4) is 17.4 Å². The van der Waals surface area contributed by atoms with Gasteiger partial charge in [-0.25, -0.2) is 4.98 Å². The summed E-state index contributed by atoms with van der Waals surface area (Å²) < 4.78 is 49.3. The van der Waals surface area contributed by atoms with Gasteiger partial charge in [0.25, 0.3) is 0 Å². The molecular formula is C19H20F3N3O2. The Morgan fingerprint density at radius 3 is 2.67 bits per heavy atom. The van der Waals surface area contributed by atoms with Crippen molar-refractivity contribution in [1.82, 2.24) is 15.2 Å². The lowest BCUT2D eigenvalue weighted by Gasteiger charge is -2.38. The van der Waals surface area contributed by atoms with E-state index in [1.54, 1.807) is 6.07 Å². The number of pyridine rings is 1. The molecule has 144 valence electrons. The molecule has 4 rings (SSSR count). The van der Waals surface area contributed by atoms with Gasteiger partial charge in [-0.05, 0) is 12.1 Å². The summed E-state index contributed by atoms with van der Waals surface area (Å²) in [5.41, 5.74) is 0.318. The SMILES string of the molecule is FC(F)(F)c1ccc(Oc2ccc3c(c2)OCCC3N2CCNCC2)nc1. The molecule has 1 aromatic carbocycles.